The van der Waals surface area contributed by atoms with Crippen LogP contribution in [0.15, 0.2) is 17.2 Å². The lowest BCUT2D eigenvalue weighted by atomic mass is 10.1. The van der Waals surface area contributed by atoms with Crippen molar-refractivity contribution in [3.05, 3.63) is 23.3 Å². The molecular formula is C13H17N3O3. The van der Waals surface area contributed by atoms with Crippen LogP contribution in [0.3, 0.4) is 0 Å². The van der Waals surface area contributed by atoms with E-state index in [1.54, 1.807) is 0 Å². The van der Waals surface area contributed by atoms with Crippen LogP contribution in [0.2, 0.25) is 0 Å². The van der Waals surface area contributed by atoms with E-state index in [9.17, 15) is 4.79 Å². The van der Waals surface area contributed by atoms with E-state index in [0.717, 1.165) is 29.0 Å². The normalized spacial score (nSPS) is 17.1. The van der Waals surface area contributed by atoms with Crippen LogP contribution in [0.1, 0.15) is 25.0 Å². The third-order valence-corrected chi connectivity index (χ3v) is 2.68. The number of hydrogen-bond acceptors (Lipinski definition) is 4. The van der Waals surface area contributed by atoms with Crippen molar-refractivity contribution >= 4 is 12.2 Å². The lowest BCUT2D eigenvalue weighted by Gasteiger charge is -2.09. The molecule has 1 aliphatic heterocycles. The highest BCUT2D eigenvalue weighted by Gasteiger charge is 2.22. The Bertz CT molecular complexity index is 514. The topological polar surface area (TPSA) is 85.9 Å². The highest BCUT2D eigenvalue weighted by Crippen LogP contribution is 2.35. The van der Waals surface area contributed by atoms with Gasteiger partial charge in [-0.25, -0.2) is 10.2 Å². The number of urea groups is 1. The molecule has 3 N–H and O–H groups in total. The molecule has 2 rings (SSSR count). The van der Waals surface area contributed by atoms with Crippen molar-refractivity contribution in [3.63, 3.8) is 0 Å². The Kier molecular flexibility index (Phi) is 3.89. The SMILES string of the molecule is CCOc1cc(C=NNC(N)=O)c2c(c1)CC(C)O2. The molecule has 0 saturated heterocycles. The molecule has 6 nitrogen and oxygen atoms in total. The van der Waals surface area contributed by atoms with Crippen LogP contribution in [0, 0.1) is 0 Å². The Morgan fingerprint density at radius 3 is 3.16 bits per heavy atom. The average Bonchev–Trinajstić information content (AvgIpc) is 2.69. The summed E-state index contributed by atoms with van der Waals surface area (Å²) in [4.78, 5) is 10.6. The number of carbonyl (C=O) groups is 1. The summed E-state index contributed by atoms with van der Waals surface area (Å²) in [5, 5.41) is 3.76. The first-order chi connectivity index (χ1) is 9.10. The minimum Gasteiger partial charge on any atom is -0.494 e. The Morgan fingerprint density at radius 1 is 1.68 bits per heavy atom. The van der Waals surface area contributed by atoms with Crippen molar-refractivity contribution in [1.82, 2.24) is 5.43 Å². The first-order valence-corrected chi connectivity index (χ1v) is 6.15. The maximum absolute atomic E-state index is 10.6. The van der Waals surface area contributed by atoms with Crippen LogP contribution in [0.25, 0.3) is 0 Å². The second-order valence-corrected chi connectivity index (χ2v) is 4.30. The Hall–Kier alpha value is -2.24. The quantitative estimate of drug-likeness (QED) is 0.636. The van der Waals surface area contributed by atoms with Gasteiger partial charge in [0.05, 0.1) is 12.8 Å². The summed E-state index contributed by atoms with van der Waals surface area (Å²) >= 11 is 0. The number of primary amides is 1. The fourth-order valence-corrected chi connectivity index (χ4v) is 2.04. The smallest absolute Gasteiger partial charge is 0.332 e. The molecule has 1 unspecified atom stereocenters. The van der Waals surface area contributed by atoms with Gasteiger partial charge in [-0.15, -0.1) is 0 Å². The minimum absolute atomic E-state index is 0.128. The maximum Gasteiger partial charge on any atom is 0.332 e. The first kappa shape index (κ1) is 13.2. The number of carbonyl (C=O) groups excluding carboxylic acids is 1. The van der Waals surface area contributed by atoms with Crippen LogP contribution >= 0.6 is 0 Å². The van der Waals surface area contributed by atoms with Gasteiger partial charge in [-0.05, 0) is 26.0 Å². The van der Waals surface area contributed by atoms with Gasteiger partial charge < -0.3 is 15.2 Å². The Labute approximate surface area is 111 Å². The van der Waals surface area contributed by atoms with E-state index in [0.29, 0.717) is 6.61 Å². The molecule has 0 spiro atoms. The first-order valence-electron chi connectivity index (χ1n) is 6.15. The number of ether oxygens (including phenoxy) is 2. The van der Waals surface area contributed by atoms with Gasteiger partial charge in [-0.3, -0.25) is 0 Å². The van der Waals surface area contributed by atoms with Gasteiger partial charge in [0, 0.05) is 17.5 Å². The number of hydrogen-bond donors (Lipinski definition) is 2. The summed E-state index contributed by atoms with van der Waals surface area (Å²) in [6.07, 6.45) is 2.47. The predicted octanol–water partition coefficient (Wildman–Crippen LogP) is 1.41. The number of fused-ring (bicyclic) bond motifs is 1. The van der Waals surface area contributed by atoms with Gasteiger partial charge in [0.2, 0.25) is 0 Å². The van der Waals surface area contributed by atoms with E-state index in [-0.39, 0.29) is 6.10 Å². The van der Waals surface area contributed by atoms with Crippen molar-refractivity contribution in [2.24, 2.45) is 10.8 Å². The van der Waals surface area contributed by atoms with Crippen LogP contribution in [0.5, 0.6) is 11.5 Å². The molecule has 1 heterocycles. The van der Waals surface area contributed by atoms with E-state index < -0.39 is 6.03 Å². The molecule has 6 heteroatoms. The van der Waals surface area contributed by atoms with Gasteiger partial charge in [0.1, 0.15) is 17.6 Å². The molecule has 1 aromatic rings. The second kappa shape index (κ2) is 5.60. The minimum atomic E-state index is -0.705. The zero-order valence-corrected chi connectivity index (χ0v) is 11.0. The van der Waals surface area contributed by atoms with Gasteiger partial charge in [0.25, 0.3) is 0 Å². The highest BCUT2D eigenvalue weighted by molar-refractivity contribution is 5.86. The molecule has 1 aliphatic rings. The largest absolute Gasteiger partial charge is 0.494 e. The predicted molar refractivity (Wildman–Crippen MR) is 71.7 cm³/mol. The molecule has 102 valence electrons. The van der Waals surface area contributed by atoms with E-state index in [1.165, 1.54) is 6.21 Å². The number of hydrazone groups is 1. The van der Waals surface area contributed by atoms with Gasteiger partial charge >= 0.3 is 6.03 Å². The fourth-order valence-electron chi connectivity index (χ4n) is 2.04. The average molecular weight is 263 g/mol. The van der Waals surface area contributed by atoms with Crippen molar-refractivity contribution in [1.29, 1.82) is 0 Å². The molecule has 19 heavy (non-hydrogen) atoms. The summed E-state index contributed by atoms with van der Waals surface area (Å²) < 4.78 is 11.2. The van der Waals surface area contributed by atoms with Crippen molar-refractivity contribution < 1.29 is 14.3 Å². The van der Waals surface area contributed by atoms with E-state index in [4.69, 9.17) is 15.2 Å². The summed E-state index contributed by atoms with van der Waals surface area (Å²) in [6, 6.07) is 3.09. The second-order valence-electron chi connectivity index (χ2n) is 4.30. The van der Waals surface area contributed by atoms with E-state index in [1.807, 2.05) is 26.0 Å². The van der Waals surface area contributed by atoms with Crippen LogP contribution < -0.4 is 20.6 Å². The van der Waals surface area contributed by atoms with Crippen LogP contribution in [-0.4, -0.2) is 25.0 Å². The Morgan fingerprint density at radius 2 is 2.47 bits per heavy atom. The summed E-state index contributed by atoms with van der Waals surface area (Å²) in [5.74, 6) is 1.55. The fraction of sp³-hybridized carbons (Fsp3) is 0.385. The summed E-state index contributed by atoms with van der Waals surface area (Å²) in [6.45, 7) is 4.52. The van der Waals surface area contributed by atoms with Gasteiger partial charge in [-0.1, -0.05) is 0 Å². The van der Waals surface area contributed by atoms with Crippen LogP contribution in [-0.2, 0) is 6.42 Å². The lowest BCUT2D eigenvalue weighted by Crippen LogP contribution is -2.24. The number of nitrogens with two attached hydrogens (primary N) is 1. The molecule has 0 radical (unpaired) electrons. The Balaban J connectivity index is 2.30. The molecule has 0 bridgehead atoms. The molecule has 0 saturated carbocycles. The monoisotopic (exact) mass is 263 g/mol. The molecule has 1 atom stereocenters. The third-order valence-electron chi connectivity index (χ3n) is 2.68. The van der Waals surface area contributed by atoms with Crippen molar-refractivity contribution in [2.75, 3.05) is 6.61 Å². The zero-order valence-electron chi connectivity index (χ0n) is 11.0. The standard InChI is InChI=1S/C13H17N3O3/c1-3-18-11-5-9-4-8(2)19-12(9)10(6-11)7-15-16-13(14)17/h5-8H,3-4H2,1-2H3,(H3,14,16,17). The molecular weight excluding hydrogens is 246 g/mol. The van der Waals surface area contributed by atoms with Gasteiger partial charge in [0.15, 0.2) is 0 Å². The summed E-state index contributed by atoms with van der Waals surface area (Å²) in [7, 11) is 0. The number of amides is 2. The molecule has 0 aromatic heterocycles. The van der Waals surface area contributed by atoms with Gasteiger partial charge in [-0.2, -0.15) is 5.10 Å². The maximum atomic E-state index is 10.6. The van der Waals surface area contributed by atoms with E-state index >= 15 is 0 Å². The summed E-state index contributed by atoms with van der Waals surface area (Å²) in [5.41, 5.74) is 8.95. The highest BCUT2D eigenvalue weighted by atomic mass is 16.5. The van der Waals surface area contributed by atoms with Crippen molar-refractivity contribution in [2.45, 2.75) is 26.4 Å². The van der Waals surface area contributed by atoms with Crippen LogP contribution in [0.4, 0.5) is 4.79 Å². The molecule has 0 aliphatic carbocycles. The zero-order chi connectivity index (χ0) is 13.8. The van der Waals surface area contributed by atoms with E-state index in [2.05, 4.69) is 10.5 Å². The number of nitrogens with one attached hydrogen (secondary N) is 1. The number of rotatable bonds is 4. The number of nitrogens with zero attached hydrogens (tertiary/aromatic N) is 1. The lowest BCUT2D eigenvalue weighted by molar-refractivity contribution is 0.249. The van der Waals surface area contributed by atoms with Crippen molar-refractivity contribution in [3.8, 4) is 11.5 Å². The molecule has 1 aromatic carbocycles. The number of benzene rings is 1. The molecule has 2 amide bonds. The molecule has 0 fully saturated rings. The third kappa shape index (κ3) is 3.15.